The molecule has 5 heteroatoms. The van der Waals surface area contributed by atoms with E-state index in [1.807, 2.05) is 13.8 Å². The molecule has 1 atom stereocenters. The molecule has 0 spiro atoms. The number of carbonyl (C=O) groups is 1. The van der Waals surface area contributed by atoms with Crippen LogP contribution < -0.4 is 5.32 Å². The van der Waals surface area contributed by atoms with E-state index in [0.29, 0.717) is 18.7 Å². The number of hydrogen-bond donors (Lipinski definition) is 2. The number of aliphatic hydroxyl groups excluding tert-OH is 1. The lowest BCUT2D eigenvalue weighted by Gasteiger charge is -2.26. The molecule has 1 unspecified atom stereocenters. The summed E-state index contributed by atoms with van der Waals surface area (Å²) in [5.74, 6) is -0.239. The Bertz CT molecular complexity index is 363. The molecule has 17 heavy (non-hydrogen) atoms. The Morgan fingerprint density at radius 3 is 2.76 bits per heavy atom. The van der Waals surface area contributed by atoms with E-state index in [4.69, 9.17) is 0 Å². The Kier molecular flexibility index (Phi) is 4.57. The standard InChI is InChI=1S/C12H19N3O2/c1-9(16)6-12(2,3)8-15-11(17)10-7-13-4-5-14-10/h4-5,7,9,16H,6,8H2,1-3H3,(H,15,17). The monoisotopic (exact) mass is 237 g/mol. The van der Waals surface area contributed by atoms with Gasteiger partial charge < -0.3 is 10.4 Å². The van der Waals surface area contributed by atoms with Gasteiger partial charge in [-0.05, 0) is 18.8 Å². The van der Waals surface area contributed by atoms with E-state index in [0.717, 1.165) is 0 Å². The van der Waals surface area contributed by atoms with Gasteiger partial charge in [-0.15, -0.1) is 0 Å². The topological polar surface area (TPSA) is 75.1 Å². The lowest BCUT2D eigenvalue weighted by Crippen LogP contribution is -2.36. The van der Waals surface area contributed by atoms with Crippen molar-refractivity contribution in [1.82, 2.24) is 15.3 Å². The molecule has 1 aromatic rings. The summed E-state index contributed by atoms with van der Waals surface area (Å²) in [6.07, 6.45) is 4.69. The van der Waals surface area contributed by atoms with Gasteiger partial charge in [-0.3, -0.25) is 9.78 Å². The minimum Gasteiger partial charge on any atom is -0.393 e. The predicted molar refractivity (Wildman–Crippen MR) is 64.4 cm³/mol. The van der Waals surface area contributed by atoms with Gasteiger partial charge in [-0.2, -0.15) is 0 Å². The van der Waals surface area contributed by atoms with E-state index in [9.17, 15) is 9.90 Å². The van der Waals surface area contributed by atoms with Crippen molar-refractivity contribution in [2.45, 2.75) is 33.3 Å². The van der Waals surface area contributed by atoms with E-state index < -0.39 is 0 Å². The molecule has 0 fully saturated rings. The Balaban J connectivity index is 2.48. The fourth-order valence-electron chi connectivity index (χ4n) is 1.70. The molecule has 0 aliphatic rings. The zero-order valence-electron chi connectivity index (χ0n) is 10.5. The van der Waals surface area contributed by atoms with Crippen molar-refractivity contribution in [1.29, 1.82) is 0 Å². The predicted octanol–water partition coefficient (Wildman–Crippen LogP) is 1.00. The highest BCUT2D eigenvalue weighted by Crippen LogP contribution is 2.21. The smallest absolute Gasteiger partial charge is 0.271 e. The molecule has 1 heterocycles. The molecule has 0 saturated carbocycles. The van der Waals surface area contributed by atoms with Crippen LogP contribution in [0.3, 0.4) is 0 Å². The highest BCUT2D eigenvalue weighted by Gasteiger charge is 2.21. The Labute approximate surface area is 101 Å². The van der Waals surface area contributed by atoms with Crippen molar-refractivity contribution in [3.8, 4) is 0 Å². The summed E-state index contributed by atoms with van der Waals surface area (Å²) in [6, 6.07) is 0. The molecule has 0 aliphatic carbocycles. The zero-order chi connectivity index (χ0) is 12.9. The number of amides is 1. The summed E-state index contributed by atoms with van der Waals surface area (Å²) in [5, 5.41) is 12.1. The molecule has 1 amide bonds. The van der Waals surface area contributed by atoms with Crippen LogP contribution in [0.2, 0.25) is 0 Å². The second kappa shape index (κ2) is 5.72. The van der Waals surface area contributed by atoms with Gasteiger partial charge in [0.15, 0.2) is 0 Å². The van der Waals surface area contributed by atoms with E-state index in [2.05, 4.69) is 15.3 Å². The molecule has 0 radical (unpaired) electrons. The van der Waals surface area contributed by atoms with Crippen molar-refractivity contribution in [3.63, 3.8) is 0 Å². The number of aromatic nitrogens is 2. The lowest BCUT2D eigenvalue weighted by atomic mass is 9.87. The van der Waals surface area contributed by atoms with Crippen LogP contribution in [0.1, 0.15) is 37.7 Å². The van der Waals surface area contributed by atoms with Crippen LogP contribution in [0.15, 0.2) is 18.6 Å². The first-order chi connectivity index (χ1) is 7.91. The molecule has 1 aromatic heterocycles. The maximum Gasteiger partial charge on any atom is 0.271 e. The molecular formula is C12H19N3O2. The second-order valence-corrected chi connectivity index (χ2v) is 4.99. The molecule has 2 N–H and O–H groups in total. The summed E-state index contributed by atoms with van der Waals surface area (Å²) in [4.78, 5) is 19.5. The molecule has 0 aliphatic heterocycles. The van der Waals surface area contributed by atoms with Crippen molar-refractivity contribution in [2.75, 3.05) is 6.54 Å². The Morgan fingerprint density at radius 1 is 1.53 bits per heavy atom. The van der Waals surface area contributed by atoms with Crippen LogP contribution in [-0.4, -0.2) is 33.6 Å². The number of aliphatic hydroxyl groups is 1. The van der Waals surface area contributed by atoms with Crippen molar-refractivity contribution in [2.24, 2.45) is 5.41 Å². The number of nitrogens with zero attached hydrogens (tertiary/aromatic N) is 2. The second-order valence-electron chi connectivity index (χ2n) is 4.99. The highest BCUT2D eigenvalue weighted by atomic mass is 16.3. The summed E-state index contributed by atoms with van der Waals surface area (Å²) in [6.45, 7) is 6.23. The summed E-state index contributed by atoms with van der Waals surface area (Å²) in [5.41, 5.74) is 0.159. The molecular weight excluding hydrogens is 218 g/mol. The van der Waals surface area contributed by atoms with E-state index in [1.54, 1.807) is 6.92 Å². The van der Waals surface area contributed by atoms with Gasteiger partial charge in [-0.25, -0.2) is 4.98 Å². The van der Waals surface area contributed by atoms with Crippen LogP contribution in [-0.2, 0) is 0 Å². The van der Waals surface area contributed by atoms with Gasteiger partial charge in [0, 0.05) is 18.9 Å². The molecule has 1 rings (SSSR count). The molecule has 0 bridgehead atoms. The highest BCUT2D eigenvalue weighted by molar-refractivity contribution is 5.91. The lowest BCUT2D eigenvalue weighted by molar-refractivity contribution is 0.0897. The fourth-order valence-corrected chi connectivity index (χ4v) is 1.70. The van der Waals surface area contributed by atoms with E-state index >= 15 is 0 Å². The summed E-state index contributed by atoms with van der Waals surface area (Å²) < 4.78 is 0. The minimum absolute atomic E-state index is 0.147. The third-order valence-electron chi connectivity index (χ3n) is 2.37. The number of carbonyl (C=O) groups excluding carboxylic acids is 1. The first-order valence-electron chi connectivity index (χ1n) is 5.63. The quantitative estimate of drug-likeness (QED) is 0.801. The Hall–Kier alpha value is -1.49. The maximum atomic E-state index is 11.7. The number of rotatable bonds is 5. The third-order valence-corrected chi connectivity index (χ3v) is 2.37. The van der Waals surface area contributed by atoms with Gasteiger partial charge in [-0.1, -0.05) is 13.8 Å². The van der Waals surface area contributed by atoms with Crippen molar-refractivity contribution >= 4 is 5.91 Å². The largest absolute Gasteiger partial charge is 0.393 e. The summed E-state index contributed by atoms with van der Waals surface area (Å²) in [7, 11) is 0. The molecule has 0 saturated heterocycles. The molecule has 0 aromatic carbocycles. The summed E-state index contributed by atoms with van der Waals surface area (Å²) >= 11 is 0. The maximum absolute atomic E-state index is 11.7. The fraction of sp³-hybridized carbons (Fsp3) is 0.583. The van der Waals surface area contributed by atoms with Gasteiger partial charge in [0.05, 0.1) is 12.3 Å². The molecule has 5 nitrogen and oxygen atoms in total. The minimum atomic E-state index is -0.376. The van der Waals surface area contributed by atoms with E-state index in [1.165, 1.54) is 18.6 Å². The Morgan fingerprint density at radius 2 is 2.24 bits per heavy atom. The SMILES string of the molecule is CC(O)CC(C)(C)CNC(=O)c1cnccn1. The first-order valence-corrected chi connectivity index (χ1v) is 5.63. The van der Waals surface area contributed by atoms with Gasteiger partial charge in [0.2, 0.25) is 0 Å². The average molecular weight is 237 g/mol. The third kappa shape index (κ3) is 4.91. The molecule has 94 valence electrons. The zero-order valence-corrected chi connectivity index (χ0v) is 10.5. The van der Waals surface area contributed by atoms with Crippen LogP contribution in [0, 0.1) is 5.41 Å². The van der Waals surface area contributed by atoms with Crippen molar-refractivity contribution < 1.29 is 9.90 Å². The van der Waals surface area contributed by atoms with Crippen LogP contribution in [0.25, 0.3) is 0 Å². The number of hydrogen-bond acceptors (Lipinski definition) is 4. The van der Waals surface area contributed by atoms with Crippen molar-refractivity contribution in [3.05, 3.63) is 24.3 Å². The van der Waals surface area contributed by atoms with Crippen LogP contribution >= 0.6 is 0 Å². The van der Waals surface area contributed by atoms with Gasteiger partial charge in [0.25, 0.3) is 5.91 Å². The normalized spacial score (nSPS) is 13.2. The van der Waals surface area contributed by atoms with E-state index in [-0.39, 0.29) is 17.4 Å². The number of nitrogens with one attached hydrogen (secondary N) is 1. The van der Waals surface area contributed by atoms with Gasteiger partial charge >= 0.3 is 0 Å². The van der Waals surface area contributed by atoms with Crippen LogP contribution in [0.5, 0.6) is 0 Å². The van der Waals surface area contributed by atoms with Crippen LogP contribution in [0.4, 0.5) is 0 Å². The first kappa shape index (κ1) is 13.6. The van der Waals surface area contributed by atoms with Gasteiger partial charge in [0.1, 0.15) is 5.69 Å². The average Bonchev–Trinajstić information content (AvgIpc) is 2.25.